The number of hydrogen-bond donors (Lipinski definition) is 1. The minimum Gasteiger partial charge on any atom is -0.461 e. The Morgan fingerprint density at radius 1 is 1.16 bits per heavy atom. The third-order valence-electron chi connectivity index (χ3n) is 3.74. The quantitative estimate of drug-likeness (QED) is 0.534. The van der Waals surface area contributed by atoms with Crippen molar-refractivity contribution in [2.45, 2.75) is 11.3 Å². The number of para-hydroxylation sites is 2. The van der Waals surface area contributed by atoms with Crippen LogP contribution in [0.5, 0.6) is 0 Å². The Hall–Kier alpha value is -2.87. The maximum Gasteiger partial charge on any atom is 0.310 e. The average molecular weight is 360 g/mol. The van der Waals surface area contributed by atoms with Crippen LogP contribution in [0.2, 0.25) is 0 Å². The largest absolute Gasteiger partial charge is 0.461 e. The van der Waals surface area contributed by atoms with Crippen LogP contribution in [0.4, 0.5) is 11.4 Å². The lowest BCUT2D eigenvalue weighted by molar-refractivity contribution is -0.386. The molecule has 0 amide bonds. The maximum atomic E-state index is 11.8. The molecule has 7 nitrogen and oxygen atoms in total. The fourth-order valence-electron chi connectivity index (χ4n) is 2.63. The fraction of sp³-hybridized carbons (Fsp3) is 0.176. The molecule has 0 atom stereocenters. The second-order valence-electron chi connectivity index (χ2n) is 5.61. The molecule has 0 saturated heterocycles. The second kappa shape index (κ2) is 6.56. The summed E-state index contributed by atoms with van der Waals surface area (Å²) in [7, 11) is -3.70. The highest BCUT2D eigenvalue weighted by atomic mass is 32.2. The molecular weight excluding hydrogens is 344 g/mol. The summed E-state index contributed by atoms with van der Waals surface area (Å²) in [6.45, 7) is 0.369. The van der Waals surface area contributed by atoms with Crippen molar-refractivity contribution in [2.75, 3.05) is 18.1 Å². The van der Waals surface area contributed by atoms with Crippen LogP contribution in [-0.2, 0) is 16.3 Å². The molecule has 0 aliphatic heterocycles. The topological polar surface area (TPSA) is 102 Å². The zero-order valence-corrected chi connectivity index (χ0v) is 14.2. The number of nitro benzene ring substituents is 1. The van der Waals surface area contributed by atoms with E-state index in [1.807, 2.05) is 30.3 Å². The number of nitrogens with zero attached hydrogens (tertiary/aromatic N) is 1. The number of sulfone groups is 1. The van der Waals surface area contributed by atoms with Crippen LogP contribution in [0, 0.1) is 10.1 Å². The van der Waals surface area contributed by atoms with Gasteiger partial charge in [0.15, 0.2) is 9.84 Å². The number of anilines is 1. The molecular formula is C17H16N2O5S. The first-order valence-electron chi connectivity index (χ1n) is 7.55. The van der Waals surface area contributed by atoms with Gasteiger partial charge in [-0.25, -0.2) is 8.42 Å². The van der Waals surface area contributed by atoms with Crippen LogP contribution >= 0.6 is 0 Å². The van der Waals surface area contributed by atoms with Gasteiger partial charge in [-0.15, -0.1) is 0 Å². The van der Waals surface area contributed by atoms with E-state index >= 15 is 0 Å². The number of nitro groups is 1. The minimum absolute atomic E-state index is 0.170. The van der Waals surface area contributed by atoms with Crippen LogP contribution < -0.4 is 5.32 Å². The second-order valence-corrected chi connectivity index (χ2v) is 7.59. The Morgan fingerprint density at radius 3 is 2.60 bits per heavy atom. The van der Waals surface area contributed by atoms with E-state index in [-0.39, 0.29) is 10.6 Å². The Kier molecular flexibility index (Phi) is 4.45. The summed E-state index contributed by atoms with van der Waals surface area (Å²) >= 11 is 0. The summed E-state index contributed by atoms with van der Waals surface area (Å²) < 4.78 is 29.2. The molecule has 2 aromatic carbocycles. The van der Waals surface area contributed by atoms with Gasteiger partial charge in [0.25, 0.3) is 0 Å². The summed E-state index contributed by atoms with van der Waals surface area (Å²) in [5.74, 6) is 0.746. The molecule has 3 rings (SSSR count). The molecule has 0 radical (unpaired) electrons. The first-order valence-corrected chi connectivity index (χ1v) is 9.44. The molecule has 0 unspecified atom stereocenters. The van der Waals surface area contributed by atoms with Crippen LogP contribution in [-0.4, -0.2) is 26.1 Å². The Bertz CT molecular complexity index is 1010. The van der Waals surface area contributed by atoms with Gasteiger partial charge >= 0.3 is 5.69 Å². The standard InChI is InChI=1S/C17H16N2O5S/c1-25(22,23)16-8-4-6-14(17(16)19(20)21)18-10-9-13-11-12-5-2-3-7-15(12)24-13/h2-8,11,18H,9-10H2,1H3. The molecule has 3 aromatic rings. The first kappa shape index (κ1) is 17.0. The fourth-order valence-corrected chi connectivity index (χ4v) is 3.49. The van der Waals surface area contributed by atoms with E-state index in [0.717, 1.165) is 23.0 Å². The Labute approximate surface area is 144 Å². The maximum absolute atomic E-state index is 11.8. The lowest BCUT2D eigenvalue weighted by Crippen LogP contribution is -2.09. The molecule has 1 N–H and O–H groups in total. The van der Waals surface area contributed by atoms with Crippen molar-refractivity contribution in [3.8, 4) is 0 Å². The molecule has 0 saturated carbocycles. The number of fused-ring (bicyclic) bond motifs is 1. The number of benzene rings is 2. The van der Waals surface area contributed by atoms with E-state index in [4.69, 9.17) is 4.42 Å². The van der Waals surface area contributed by atoms with Crippen LogP contribution in [0.25, 0.3) is 11.0 Å². The number of furan rings is 1. The molecule has 0 aliphatic rings. The van der Waals surface area contributed by atoms with Gasteiger partial charge in [0.1, 0.15) is 21.9 Å². The smallest absolute Gasteiger partial charge is 0.310 e. The lowest BCUT2D eigenvalue weighted by atomic mass is 10.2. The van der Waals surface area contributed by atoms with Crippen molar-refractivity contribution < 1.29 is 17.8 Å². The van der Waals surface area contributed by atoms with Crippen LogP contribution in [0.1, 0.15) is 5.76 Å². The summed E-state index contributed by atoms with van der Waals surface area (Å²) in [6, 6.07) is 13.7. The summed E-state index contributed by atoms with van der Waals surface area (Å²) in [4.78, 5) is 10.3. The highest BCUT2D eigenvalue weighted by Crippen LogP contribution is 2.32. The molecule has 0 fully saturated rings. The van der Waals surface area contributed by atoms with Crippen molar-refractivity contribution >= 4 is 32.2 Å². The van der Waals surface area contributed by atoms with Crippen molar-refractivity contribution in [3.05, 3.63) is 64.4 Å². The van der Waals surface area contributed by atoms with Crippen molar-refractivity contribution in [1.82, 2.24) is 0 Å². The summed E-state index contributed by atoms with van der Waals surface area (Å²) in [5, 5.41) is 15.2. The molecule has 130 valence electrons. The first-order chi connectivity index (χ1) is 11.9. The zero-order chi connectivity index (χ0) is 18.0. The van der Waals surface area contributed by atoms with E-state index in [9.17, 15) is 18.5 Å². The normalized spacial score (nSPS) is 11.6. The van der Waals surface area contributed by atoms with Gasteiger partial charge in [-0.2, -0.15) is 0 Å². The van der Waals surface area contributed by atoms with Crippen molar-refractivity contribution in [2.24, 2.45) is 0 Å². The number of rotatable bonds is 6. The number of hydrogen-bond acceptors (Lipinski definition) is 6. The zero-order valence-electron chi connectivity index (χ0n) is 13.4. The lowest BCUT2D eigenvalue weighted by Gasteiger charge is -2.08. The molecule has 0 bridgehead atoms. The van der Waals surface area contributed by atoms with Gasteiger partial charge in [0, 0.05) is 24.6 Å². The summed E-state index contributed by atoms with van der Waals surface area (Å²) in [6.07, 6.45) is 1.46. The van der Waals surface area contributed by atoms with Gasteiger partial charge in [-0.3, -0.25) is 10.1 Å². The van der Waals surface area contributed by atoms with Gasteiger partial charge in [0.05, 0.1) is 4.92 Å². The van der Waals surface area contributed by atoms with Gasteiger partial charge in [0.2, 0.25) is 0 Å². The van der Waals surface area contributed by atoms with Crippen LogP contribution in [0.15, 0.2) is 57.8 Å². The molecule has 1 aromatic heterocycles. The SMILES string of the molecule is CS(=O)(=O)c1cccc(NCCc2cc3ccccc3o2)c1[N+](=O)[O-]. The van der Waals surface area contributed by atoms with E-state index in [1.54, 1.807) is 0 Å². The van der Waals surface area contributed by atoms with E-state index in [2.05, 4.69) is 5.32 Å². The Balaban J connectivity index is 1.80. The Morgan fingerprint density at radius 2 is 1.92 bits per heavy atom. The van der Waals surface area contributed by atoms with Crippen molar-refractivity contribution in [3.63, 3.8) is 0 Å². The van der Waals surface area contributed by atoms with Crippen molar-refractivity contribution in [1.29, 1.82) is 0 Å². The third kappa shape index (κ3) is 3.63. The van der Waals surface area contributed by atoms with Gasteiger partial charge in [-0.1, -0.05) is 24.3 Å². The third-order valence-corrected chi connectivity index (χ3v) is 4.87. The van der Waals surface area contributed by atoms with E-state index in [0.29, 0.717) is 13.0 Å². The molecule has 0 aliphatic carbocycles. The molecule has 0 spiro atoms. The minimum atomic E-state index is -3.70. The van der Waals surface area contributed by atoms with Gasteiger partial charge in [-0.05, 0) is 24.3 Å². The predicted octanol–water partition coefficient (Wildman–Crippen LogP) is 3.40. The van der Waals surface area contributed by atoms with Gasteiger partial charge < -0.3 is 9.73 Å². The molecule has 1 heterocycles. The highest BCUT2D eigenvalue weighted by molar-refractivity contribution is 7.90. The monoisotopic (exact) mass is 360 g/mol. The number of nitrogens with one attached hydrogen (secondary N) is 1. The molecule has 8 heteroatoms. The van der Waals surface area contributed by atoms with E-state index in [1.165, 1.54) is 18.2 Å². The molecule has 25 heavy (non-hydrogen) atoms. The highest BCUT2D eigenvalue weighted by Gasteiger charge is 2.25. The predicted molar refractivity (Wildman–Crippen MR) is 94.6 cm³/mol. The summed E-state index contributed by atoms with van der Waals surface area (Å²) in [5.41, 5.74) is 0.515. The van der Waals surface area contributed by atoms with Crippen LogP contribution in [0.3, 0.4) is 0 Å². The average Bonchev–Trinajstić information content (AvgIpc) is 2.96. The van der Waals surface area contributed by atoms with E-state index < -0.39 is 20.4 Å².